The van der Waals surface area contributed by atoms with Crippen molar-refractivity contribution in [1.82, 2.24) is 10.2 Å². The van der Waals surface area contributed by atoms with Crippen LogP contribution in [0.5, 0.6) is 0 Å². The number of amides is 2. The standard InChI is InChI=1S/C16H22N2O3/c1-2-14(11-15(19)20)17-16(21)18-9-7-12-5-3-4-6-13(12)8-10-18/h3-6,14H,2,7-11H2,1H3,(H,17,21)(H,19,20). The summed E-state index contributed by atoms with van der Waals surface area (Å²) in [6, 6.07) is 7.80. The lowest BCUT2D eigenvalue weighted by Gasteiger charge is -2.24. The lowest BCUT2D eigenvalue weighted by molar-refractivity contribution is -0.137. The molecule has 0 saturated carbocycles. The predicted octanol–water partition coefficient (Wildman–Crippen LogP) is 2.05. The number of carbonyl (C=O) groups is 2. The Labute approximate surface area is 125 Å². The normalized spacial score (nSPS) is 15.8. The average Bonchev–Trinajstić information content (AvgIpc) is 2.68. The monoisotopic (exact) mass is 290 g/mol. The molecule has 114 valence electrons. The van der Waals surface area contributed by atoms with Crippen LogP contribution in [0.4, 0.5) is 4.79 Å². The molecule has 2 amide bonds. The van der Waals surface area contributed by atoms with Crippen molar-refractivity contribution in [3.63, 3.8) is 0 Å². The van der Waals surface area contributed by atoms with Crippen molar-refractivity contribution < 1.29 is 14.7 Å². The minimum atomic E-state index is -0.884. The van der Waals surface area contributed by atoms with E-state index in [1.165, 1.54) is 11.1 Å². The van der Waals surface area contributed by atoms with Crippen LogP contribution in [0, 0.1) is 0 Å². The van der Waals surface area contributed by atoms with Gasteiger partial charge in [0.25, 0.3) is 0 Å². The van der Waals surface area contributed by atoms with E-state index in [2.05, 4.69) is 17.4 Å². The van der Waals surface area contributed by atoms with E-state index < -0.39 is 5.97 Å². The van der Waals surface area contributed by atoms with Crippen LogP contribution in [0.2, 0.25) is 0 Å². The minimum Gasteiger partial charge on any atom is -0.481 e. The van der Waals surface area contributed by atoms with Crippen molar-refractivity contribution in [3.8, 4) is 0 Å². The Bertz CT molecular complexity index is 489. The van der Waals surface area contributed by atoms with Crippen LogP contribution in [0.3, 0.4) is 0 Å². The summed E-state index contributed by atoms with van der Waals surface area (Å²) in [5.41, 5.74) is 2.59. The van der Waals surface area contributed by atoms with Gasteiger partial charge in [-0.1, -0.05) is 31.2 Å². The summed E-state index contributed by atoms with van der Waals surface area (Å²) in [7, 11) is 0. The summed E-state index contributed by atoms with van der Waals surface area (Å²) in [5, 5.41) is 11.7. The summed E-state index contributed by atoms with van der Waals surface area (Å²) >= 11 is 0. The molecule has 2 rings (SSSR count). The first-order valence-corrected chi connectivity index (χ1v) is 7.44. The largest absolute Gasteiger partial charge is 0.481 e. The molecule has 1 atom stereocenters. The summed E-state index contributed by atoms with van der Waals surface area (Å²) in [4.78, 5) is 24.8. The fraction of sp³-hybridized carbons (Fsp3) is 0.500. The van der Waals surface area contributed by atoms with Crippen molar-refractivity contribution in [3.05, 3.63) is 35.4 Å². The maximum Gasteiger partial charge on any atom is 0.317 e. The molecule has 0 fully saturated rings. The van der Waals surface area contributed by atoms with Crippen LogP contribution < -0.4 is 5.32 Å². The number of nitrogens with zero attached hydrogens (tertiary/aromatic N) is 1. The molecule has 2 N–H and O–H groups in total. The number of rotatable bonds is 4. The van der Waals surface area contributed by atoms with Crippen molar-refractivity contribution in [2.24, 2.45) is 0 Å². The van der Waals surface area contributed by atoms with Gasteiger partial charge in [-0.15, -0.1) is 0 Å². The first kappa shape index (κ1) is 15.4. The van der Waals surface area contributed by atoms with E-state index in [-0.39, 0.29) is 18.5 Å². The smallest absolute Gasteiger partial charge is 0.317 e. The second-order valence-corrected chi connectivity index (χ2v) is 5.41. The summed E-state index contributed by atoms with van der Waals surface area (Å²) in [6.45, 7) is 3.23. The van der Waals surface area contributed by atoms with Crippen molar-refractivity contribution in [2.45, 2.75) is 38.6 Å². The number of carboxylic acid groups (broad SMARTS) is 1. The first-order chi connectivity index (χ1) is 10.1. The van der Waals surface area contributed by atoms with Crippen molar-refractivity contribution >= 4 is 12.0 Å². The molecular weight excluding hydrogens is 268 g/mol. The number of aliphatic carboxylic acids is 1. The molecule has 0 aromatic heterocycles. The van der Waals surface area contributed by atoms with Gasteiger partial charge in [0.2, 0.25) is 0 Å². The van der Waals surface area contributed by atoms with Crippen LogP contribution in [0.1, 0.15) is 30.9 Å². The van der Waals surface area contributed by atoms with Crippen molar-refractivity contribution in [1.29, 1.82) is 0 Å². The fourth-order valence-electron chi connectivity index (χ4n) is 2.65. The Kier molecular flexibility index (Phi) is 5.20. The molecule has 0 bridgehead atoms. The molecule has 1 unspecified atom stereocenters. The lowest BCUT2D eigenvalue weighted by atomic mass is 10.0. The fourth-order valence-corrected chi connectivity index (χ4v) is 2.65. The summed E-state index contributed by atoms with van der Waals surface area (Å²) in [5.74, 6) is -0.884. The van der Waals surface area contributed by atoms with E-state index in [1.54, 1.807) is 4.90 Å². The zero-order valence-electron chi connectivity index (χ0n) is 12.3. The molecular formula is C16H22N2O3. The van der Waals surface area contributed by atoms with Gasteiger partial charge in [0.1, 0.15) is 0 Å². The van der Waals surface area contributed by atoms with Gasteiger partial charge in [-0.05, 0) is 30.4 Å². The number of hydrogen-bond acceptors (Lipinski definition) is 2. The number of hydrogen-bond donors (Lipinski definition) is 2. The molecule has 1 heterocycles. The minimum absolute atomic E-state index is 0.0314. The molecule has 1 aliphatic rings. The van der Waals surface area contributed by atoms with Crippen LogP contribution in [-0.4, -0.2) is 41.1 Å². The Morgan fingerprint density at radius 1 is 1.24 bits per heavy atom. The van der Waals surface area contributed by atoms with Gasteiger partial charge in [0.15, 0.2) is 0 Å². The summed E-state index contributed by atoms with van der Waals surface area (Å²) < 4.78 is 0. The van der Waals surface area contributed by atoms with E-state index in [4.69, 9.17) is 5.11 Å². The van der Waals surface area contributed by atoms with Crippen LogP contribution in [0.25, 0.3) is 0 Å². The molecule has 1 aliphatic heterocycles. The third kappa shape index (κ3) is 4.21. The van der Waals surface area contributed by atoms with Gasteiger partial charge in [0, 0.05) is 19.1 Å². The number of fused-ring (bicyclic) bond motifs is 1. The highest BCUT2D eigenvalue weighted by atomic mass is 16.4. The maximum atomic E-state index is 12.3. The molecule has 0 radical (unpaired) electrons. The van der Waals surface area contributed by atoms with Crippen LogP contribution in [-0.2, 0) is 17.6 Å². The van der Waals surface area contributed by atoms with E-state index >= 15 is 0 Å². The average molecular weight is 290 g/mol. The zero-order chi connectivity index (χ0) is 15.2. The Balaban J connectivity index is 1.94. The SMILES string of the molecule is CCC(CC(=O)O)NC(=O)N1CCc2ccccc2CC1. The first-order valence-electron chi connectivity index (χ1n) is 7.44. The molecule has 5 heteroatoms. The molecule has 0 aliphatic carbocycles. The molecule has 21 heavy (non-hydrogen) atoms. The Hall–Kier alpha value is -2.04. The van der Waals surface area contributed by atoms with Gasteiger partial charge in [0.05, 0.1) is 6.42 Å². The van der Waals surface area contributed by atoms with Gasteiger partial charge in [-0.25, -0.2) is 4.79 Å². The highest BCUT2D eigenvalue weighted by Gasteiger charge is 2.21. The Morgan fingerprint density at radius 2 is 1.81 bits per heavy atom. The van der Waals surface area contributed by atoms with Gasteiger partial charge >= 0.3 is 12.0 Å². The number of nitrogens with one attached hydrogen (secondary N) is 1. The number of benzene rings is 1. The van der Waals surface area contributed by atoms with E-state index in [1.807, 2.05) is 19.1 Å². The van der Waals surface area contributed by atoms with Gasteiger partial charge in [-0.2, -0.15) is 0 Å². The number of carbonyl (C=O) groups excluding carboxylic acids is 1. The zero-order valence-corrected chi connectivity index (χ0v) is 12.3. The van der Waals surface area contributed by atoms with Crippen molar-refractivity contribution in [2.75, 3.05) is 13.1 Å². The van der Waals surface area contributed by atoms with E-state index in [0.29, 0.717) is 19.5 Å². The highest BCUT2D eigenvalue weighted by molar-refractivity contribution is 5.76. The second-order valence-electron chi connectivity index (χ2n) is 5.41. The van der Waals surface area contributed by atoms with Crippen LogP contribution >= 0.6 is 0 Å². The predicted molar refractivity (Wildman–Crippen MR) is 80.3 cm³/mol. The quantitative estimate of drug-likeness (QED) is 0.891. The van der Waals surface area contributed by atoms with Gasteiger partial charge in [-0.3, -0.25) is 4.79 Å². The lowest BCUT2D eigenvalue weighted by Crippen LogP contribution is -2.46. The Morgan fingerprint density at radius 3 is 2.29 bits per heavy atom. The summed E-state index contributed by atoms with van der Waals surface area (Å²) in [6.07, 6.45) is 2.28. The number of carboxylic acids is 1. The molecule has 0 saturated heterocycles. The van der Waals surface area contributed by atoms with E-state index in [9.17, 15) is 9.59 Å². The van der Waals surface area contributed by atoms with Crippen LogP contribution in [0.15, 0.2) is 24.3 Å². The highest BCUT2D eigenvalue weighted by Crippen LogP contribution is 2.15. The third-order valence-electron chi connectivity index (χ3n) is 3.95. The molecule has 1 aromatic carbocycles. The topological polar surface area (TPSA) is 69.6 Å². The number of urea groups is 1. The molecule has 5 nitrogen and oxygen atoms in total. The maximum absolute atomic E-state index is 12.3. The third-order valence-corrected chi connectivity index (χ3v) is 3.95. The van der Waals surface area contributed by atoms with E-state index in [0.717, 1.165) is 12.8 Å². The van der Waals surface area contributed by atoms with Gasteiger partial charge < -0.3 is 15.3 Å². The second kappa shape index (κ2) is 7.11. The molecule has 1 aromatic rings. The molecule has 0 spiro atoms.